The molecule has 0 aliphatic rings. The number of benzene rings is 2. The van der Waals surface area contributed by atoms with E-state index < -0.39 is 0 Å². The third kappa shape index (κ3) is 3.73. The minimum absolute atomic E-state index is 0.0378. The highest BCUT2D eigenvalue weighted by Crippen LogP contribution is 2.30. The summed E-state index contributed by atoms with van der Waals surface area (Å²) in [6.07, 6.45) is 0.659. The van der Waals surface area contributed by atoms with Gasteiger partial charge in [-0.05, 0) is 35.7 Å². The fourth-order valence-electron chi connectivity index (χ4n) is 2.03. The van der Waals surface area contributed by atoms with Crippen LogP contribution in [0.3, 0.4) is 0 Å². The smallest absolute Gasteiger partial charge is 0.0503 e. The molecule has 1 N–H and O–H groups in total. The summed E-state index contributed by atoms with van der Waals surface area (Å²) < 4.78 is 0.944. The lowest BCUT2D eigenvalue weighted by atomic mass is 9.92. The quantitative estimate of drug-likeness (QED) is 0.807. The van der Waals surface area contributed by atoms with Crippen LogP contribution in [0.4, 0.5) is 0 Å². The standard InChI is InChI=1S/C15H13BrCl2O/c16-12-6-5-10(15(18)8-12)7-11(9-19)13-3-1-2-4-14(13)17/h1-6,8,11,19H,7,9H2. The van der Waals surface area contributed by atoms with Gasteiger partial charge in [-0.3, -0.25) is 0 Å². The lowest BCUT2D eigenvalue weighted by molar-refractivity contribution is 0.264. The molecule has 0 fully saturated rings. The fraction of sp³-hybridized carbons (Fsp3) is 0.200. The van der Waals surface area contributed by atoms with Crippen LogP contribution in [0.1, 0.15) is 17.0 Å². The van der Waals surface area contributed by atoms with E-state index in [0.717, 1.165) is 15.6 Å². The predicted octanol–water partition coefficient (Wildman–Crippen LogP) is 5.07. The van der Waals surface area contributed by atoms with E-state index in [-0.39, 0.29) is 12.5 Å². The summed E-state index contributed by atoms with van der Waals surface area (Å²) in [6, 6.07) is 13.4. The van der Waals surface area contributed by atoms with E-state index in [1.807, 2.05) is 42.5 Å². The minimum atomic E-state index is -0.0487. The van der Waals surface area contributed by atoms with Gasteiger partial charge in [-0.25, -0.2) is 0 Å². The molecule has 0 spiro atoms. The Balaban J connectivity index is 2.27. The van der Waals surface area contributed by atoms with Crippen LogP contribution in [-0.4, -0.2) is 11.7 Å². The highest BCUT2D eigenvalue weighted by molar-refractivity contribution is 9.10. The highest BCUT2D eigenvalue weighted by Gasteiger charge is 2.15. The summed E-state index contributed by atoms with van der Waals surface area (Å²) in [5.74, 6) is -0.0487. The maximum absolute atomic E-state index is 9.60. The van der Waals surface area contributed by atoms with Gasteiger partial charge in [0.1, 0.15) is 0 Å². The van der Waals surface area contributed by atoms with E-state index in [1.54, 1.807) is 0 Å². The molecular formula is C15H13BrCl2O. The number of rotatable bonds is 4. The topological polar surface area (TPSA) is 20.2 Å². The first kappa shape index (κ1) is 14.9. The fourth-order valence-corrected chi connectivity index (χ4v) is 3.07. The average Bonchev–Trinajstić information content (AvgIpc) is 2.39. The van der Waals surface area contributed by atoms with Crippen molar-refractivity contribution in [2.24, 2.45) is 0 Å². The van der Waals surface area contributed by atoms with Gasteiger partial charge in [-0.15, -0.1) is 0 Å². The summed E-state index contributed by atoms with van der Waals surface area (Å²) in [6.45, 7) is 0.0378. The number of aliphatic hydroxyl groups is 1. The Morgan fingerprint density at radius 3 is 2.42 bits per heavy atom. The van der Waals surface area contributed by atoms with Gasteiger partial charge >= 0.3 is 0 Å². The molecule has 0 bridgehead atoms. The molecule has 0 saturated carbocycles. The number of aliphatic hydroxyl groups excluding tert-OH is 1. The van der Waals surface area contributed by atoms with Gasteiger partial charge in [0.25, 0.3) is 0 Å². The molecule has 1 atom stereocenters. The summed E-state index contributed by atoms with van der Waals surface area (Å²) in [7, 11) is 0. The van der Waals surface area contributed by atoms with Crippen molar-refractivity contribution < 1.29 is 5.11 Å². The van der Waals surface area contributed by atoms with E-state index in [4.69, 9.17) is 23.2 Å². The van der Waals surface area contributed by atoms with Gasteiger partial charge in [-0.1, -0.05) is 63.4 Å². The van der Waals surface area contributed by atoms with Crippen molar-refractivity contribution in [3.63, 3.8) is 0 Å². The van der Waals surface area contributed by atoms with Crippen LogP contribution in [0, 0.1) is 0 Å². The van der Waals surface area contributed by atoms with Crippen molar-refractivity contribution in [3.8, 4) is 0 Å². The zero-order valence-corrected chi connectivity index (χ0v) is 13.2. The van der Waals surface area contributed by atoms with Crippen molar-refractivity contribution in [1.82, 2.24) is 0 Å². The highest BCUT2D eigenvalue weighted by atomic mass is 79.9. The summed E-state index contributed by atoms with van der Waals surface area (Å²) in [5, 5.41) is 11.0. The molecule has 0 saturated heterocycles. The Morgan fingerprint density at radius 1 is 1.05 bits per heavy atom. The Labute approximate surface area is 131 Å². The van der Waals surface area contributed by atoms with Crippen LogP contribution in [0.2, 0.25) is 10.0 Å². The summed E-state index contributed by atoms with van der Waals surface area (Å²) in [5.41, 5.74) is 1.95. The first-order valence-electron chi connectivity index (χ1n) is 5.91. The van der Waals surface area contributed by atoms with Gasteiger partial charge in [0, 0.05) is 20.4 Å². The zero-order chi connectivity index (χ0) is 13.8. The Kier molecular flexibility index (Phi) is 5.28. The molecule has 0 radical (unpaired) electrons. The molecule has 19 heavy (non-hydrogen) atoms. The van der Waals surface area contributed by atoms with Crippen molar-refractivity contribution in [2.45, 2.75) is 12.3 Å². The number of hydrogen-bond acceptors (Lipinski definition) is 1. The second-order valence-electron chi connectivity index (χ2n) is 4.34. The van der Waals surface area contributed by atoms with E-state index in [1.165, 1.54) is 0 Å². The molecule has 1 nitrogen and oxygen atoms in total. The van der Waals surface area contributed by atoms with Crippen LogP contribution in [0.25, 0.3) is 0 Å². The van der Waals surface area contributed by atoms with E-state index in [0.29, 0.717) is 16.5 Å². The van der Waals surface area contributed by atoms with Crippen LogP contribution >= 0.6 is 39.1 Å². The SMILES string of the molecule is OCC(Cc1ccc(Br)cc1Cl)c1ccccc1Cl. The van der Waals surface area contributed by atoms with Crippen LogP contribution in [0.5, 0.6) is 0 Å². The van der Waals surface area contributed by atoms with Crippen molar-refractivity contribution in [2.75, 3.05) is 6.61 Å². The zero-order valence-electron chi connectivity index (χ0n) is 10.1. The maximum Gasteiger partial charge on any atom is 0.0503 e. The van der Waals surface area contributed by atoms with Crippen LogP contribution in [0.15, 0.2) is 46.9 Å². The van der Waals surface area contributed by atoms with Crippen molar-refractivity contribution in [3.05, 3.63) is 68.1 Å². The molecule has 0 aliphatic heterocycles. The molecule has 100 valence electrons. The molecule has 0 amide bonds. The van der Waals surface area contributed by atoms with Gasteiger partial charge in [0.05, 0.1) is 6.61 Å². The van der Waals surface area contributed by atoms with E-state index in [2.05, 4.69) is 15.9 Å². The van der Waals surface area contributed by atoms with E-state index >= 15 is 0 Å². The van der Waals surface area contributed by atoms with Crippen LogP contribution < -0.4 is 0 Å². The summed E-state index contributed by atoms with van der Waals surface area (Å²) in [4.78, 5) is 0. The van der Waals surface area contributed by atoms with E-state index in [9.17, 15) is 5.11 Å². The number of hydrogen-bond donors (Lipinski definition) is 1. The van der Waals surface area contributed by atoms with Gasteiger partial charge in [0.15, 0.2) is 0 Å². The largest absolute Gasteiger partial charge is 0.396 e. The molecule has 4 heteroatoms. The summed E-state index contributed by atoms with van der Waals surface area (Å²) >= 11 is 15.8. The monoisotopic (exact) mass is 358 g/mol. The molecule has 1 unspecified atom stereocenters. The predicted molar refractivity (Wildman–Crippen MR) is 84.1 cm³/mol. The Morgan fingerprint density at radius 2 is 1.79 bits per heavy atom. The first-order valence-corrected chi connectivity index (χ1v) is 7.46. The molecule has 2 aromatic rings. The molecule has 0 aromatic heterocycles. The van der Waals surface area contributed by atoms with Gasteiger partial charge in [-0.2, -0.15) is 0 Å². The second kappa shape index (κ2) is 6.76. The lowest BCUT2D eigenvalue weighted by Gasteiger charge is -2.17. The average molecular weight is 360 g/mol. The van der Waals surface area contributed by atoms with Crippen molar-refractivity contribution >= 4 is 39.1 Å². The minimum Gasteiger partial charge on any atom is -0.396 e. The van der Waals surface area contributed by atoms with Gasteiger partial charge in [0.2, 0.25) is 0 Å². The van der Waals surface area contributed by atoms with Crippen molar-refractivity contribution in [1.29, 1.82) is 0 Å². The third-order valence-electron chi connectivity index (χ3n) is 3.05. The Bertz CT molecular complexity index is 572. The van der Waals surface area contributed by atoms with Crippen LogP contribution in [-0.2, 0) is 6.42 Å². The molecule has 2 rings (SSSR count). The first-order chi connectivity index (χ1) is 9.11. The normalized spacial score (nSPS) is 12.4. The molecular weight excluding hydrogens is 347 g/mol. The lowest BCUT2D eigenvalue weighted by Crippen LogP contribution is -2.08. The van der Waals surface area contributed by atoms with Gasteiger partial charge < -0.3 is 5.11 Å². The third-order valence-corrected chi connectivity index (χ3v) is 4.24. The Hall–Kier alpha value is -0.540. The molecule has 0 aliphatic carbocycles. The number of halogens is 3. The second-order valence-corrected chi connectivity index (χ2v) is 6.07. The molecule has 2 aromatic carbocycles. The molecule has 0 heterocycles. The maximum atomic E-state index is 9.60.